The molecule has 100 valence electrons. The smallest absolute Gasteiger partial charge is 0.125 e. The maximum atomic E-state index is 9.14. The molecule has 0 saturated heterocycles. The van der Waals surface area contributed by atoms with Gasteiger partial charge < -0.3 is 9.30 Å². The standard InChI is InChI=1S/C14H16ClN3O/c1-10(6-7-19-2)18-12-5-3-4-11(9-16)14(12)17-13(18)8-15/h3-5,10H,6-8H2,1-2H3. The van der Waals surface area contributed by atoms with Gasteiger partial charge in [-0.25, -0.2) is 4.98 Å². The molecule has 1 heterocycles. The molecule has 2 aromatic rings. The van der Waals surface area contributed by atoms with Crippen molar-refractivity contribution in [3.63, 3.8) is 0 Å². The second-order valence-corrected chi connectivity index (χ2v) is 4.71. The molecule has 0 aliphatic heterocycles. The summed E-state index contributed by atoms with van der Waals surface area (Å²) in [6.45, 7) is 2.79. The lowest BCUT2D eigenvalue weighted by Gasteiger charge is -2.16. The molecule has 0 aliphatic carbocycles. The zero-order chi connectivity index (χ0) is 13.8. The van der Waals surface area contributed by atoms with Gasteiger partial charge in [-0.15, -0.1) is 11.6 Å². The van der Waals surface area contributed by atoms with E-state index in [4.69, 9.17) is 21.6 Å². The van der Waals surface area contributed by atoms with E-state index >= 15 is 0 Å². The monoisotopic (exact) mass is 277 g/mol. The Morgan fingerprint density at radius 1 is 1.53 bits per heavy atom. The van der Waals surface area contributed by atoms with Crippen molar-refractivity contribution in [2.45, 2.75) is 25.3 Å². The molecule has 4 nitrogen and oxygen atoms in total. The van der Waals surface area contributed by atoms with Gasteiger partial charge in [0.15, 0.2) is 0 Å². The highest BCUT2D eigenvalue weighted by atomic mass is 35.5. The van der Waals surface area contributed by atoms with Crippen molar-refractivity contribution in [2.24, 2.45) is 0 Å². The lowest BCUT2D eigenvalue weighted by molar-refractivity contribution is 0.181. The van der Waals surface area contributed by atoms with E-state index in [9.17, 15) is 0 Å². The summed E-state index contributed by atoms with van der Waals surface area (Å²) in [7, 11) is 1.69. The number of hydrogen-bond donors (Lipinski definition) is 0. The minimum atomic E-state index is 0.229. The summed E-state index contributed by atoms with van der Waals surface area (Å²) in [5.74, 6) is 1.12. The molecule has 0 aliphatic rings. The molecule has 19 heavy (non-hydrogen) atoms. The number of hydrogen-bond acceptors (Lipinski definition) is 3. The second-order valence-electron chi connectivity index (χ2n) is 4.45. The number of aromatic nitrogens is 2. The first-order valence-corrected chi connectivity index (χ1v) is 6.71. The number of imidazole rings is 1. The quantitative estimate of drug-likeness (QED) is 0.788. The molecule has 0 amide bonds. The molecule has 1 atom stereocenters. The number of ether oxygens (including phenoxy) is 1. The van der Waals surface area contributed by atoms with Gasteiger partial charge in [0.2, 0.25) is 0 Å². The van der Waals surface area contributed by atoms with Crippen LogP contribution in [0.25, 0.3) is 11.0 Å². The van der Waals surface area contributed by atoms with Gasteiger partial charge in [-0.05, 0) is 25.5 Å². The van der Waals surface area contributed by atoms with Gasteiger partial charge in [-0.1, -0.05) is 6.07 Å². The normalized spacial score (nSPS) is 12.5. The number of nitrogens with zero attached hydrogens (tertiary/aromatic N) is 3. The fourth-order valence-electron chi connectivity index (χ4n) is 2.26. The van der Waals surface area contributed by atoms with E-state index in [0.29, 0.717) is 18.1 Å². The van der Waals surface area contributed by atoms with Crippen LogP contribution < -0.4 is 0 Å². The van der Waals surface area contributed by atoms with Crippen molar-refractivity contribution in [3.8, 4) is 6.07 Å². The maximum Gasteiger partial charge on any atom is 0.125 e. The van der Waals surface area contributed by atoms with E-state index in [2.05, 4.69) is 22.5 Å². The zero-order valence-electron chi connectivity index (χ0n) is 11.1. The van der Waals surface area contributed by atoms with E-state index < -0.39 is 0 Å². The Labute approximate surface area is 117 Å². The fourth-order valence-corrected chi connectivity index (χ4v) is 2.45. The number of rotatable bonds is 5. The van der Waals surface area contributed by atoms with Crippen LogP contribution in [0, 0.1) is 11.3 Å². The van der Waals surface area contributed by atoms with Gasteiger partial charge in [-0.3, -0.25) is 0 Å². The molecular weight excluding hydrogens is 262 g/mol. The maximum absolute atomic E-state index is 9.14. The third-order valence-corrected chi connectivity index (χ3v) is 3.45. The molecule has 1 aromatic heterocycles. The summed E-state index contributed by atoms with van der Waals surface area (Å²) in [5, 5.41) is 9.14. The van der Waals surface area contributed by atoms with Crippen LogP contribution in [0.1, 0.15) is 30.8 Å². The SMILES string of the molecule is COCCC(C)n1c(CCl)nc2c(C#N)cccc21. The van der Waals surface area contributed by atoms with E-state index in [1.807, 2.05) is 12.1 Å². The second kappa shape index (κ2) is 6.05. The Kier molecular flexibility index (Phi) is 4.41. The Morgan fingerprint density at radius 2 is 2.32 bits per heavy atom. The van der Waals surface area contributed by atoms with E-state index in [1.165, 1.54) is 0 Å². The third kappa shape index (κ3) is 2.58. The highest BCUT2D eigenvalue weighted by Crippen LogP contribution is 2.26. The van der Waals surface area contributed by atoms with Gasteiger partial charge >= 0.3 is 0 Å². The first-order valence-electron chi connectivity index (χ1n) is 6.17. The molecule has 0 bridgehead atoms. The summed E-state index contributed by atoms with van der Waals surface area (Å²) in [4.78, 5) is 4.50. The average molecular weight is 278 g/mol. The number of benzene rings is 1. The van der Waals surface area contributed by atoms with E-state index in [-0.39, 0.29) is 6.04 Å². The predicted octanol–water partition coefficient (Wildman–Crippen LogP) is 3.24. The van der Waals surface area contributed by atoms with Crippen molar-refractivity contribution in [2.75, 3.05) is 13.7 Å². The number of methoxy groups -OCH3 is 1. The van der Waals surface area contributed by atoms with Crippen molar-refractivity contribution in [3.05, 3.63) is 29.6 Å². The highest BCUT2D eigenvalue weighted by molar-refractivity contribution is 6.16. The van der Waals surface area contributed by atoms with Gasteiger partial charge in [0.1, 0.15) is 17.4 Å². The summed E-state index contributed by atoms with van der Waals surface area (Å²) >= 11 is 5.98. The first kappa shape index (κ1) is 13.9. The molecule has 0 radical (unpaired) electrons. The molecule has 1 aromatic carbocycles. The number of halogens is 1. The Morgan fingerprint density at radius 3 is 2.95 bits per heavy atom. The summed E-state index contributed by atoms with van der Waals surface area (Å²) in [6, 6.07) is 8.03. The number of alkyl halides is 1. The Bertz CT molecular complexity index is 615. The first-order chi connectivity index (χ1) is 9.22. The highest BCUT2D eigenvalue weighted by Gasteiger charge is 2.16. The van der Waals surface area contributed by atoms with Crippen molar-refractivity contribution >= 4 is 22.6 Å². The molecule has 0 spiro atoms. The molecule has 2 rings (SSSR count). The van der Waals surface area contributed by atoms with E-state index in [0.717, 1.165) is 23.3 Å². The van der Waals surface area contributed by atoms with Crippen LogP contribution in [0.2, 0.25) is 0 Å². The molecule has 0 N–H and O–H groups in total. The van der Waals surface area contributed by atoms with Crippen LogP contribution in [0.4, 0.5) is 0 Å². The number of para-hydroxylation sites is 1. The lowest BCUT2D eigenvalue weighted by atomic mass is 10.2. The average Bonchev–Trinajstić information content (AvgIpc) is 2.83. The topological polar surface area (TPSA) is 50.8 Å². The van der Waals surface area contributed by atoms with Gasteiger partial charge in [0.05, 0.1) is 17.0 Å². The molecule has 0 fully saturated rings. The van der Waals surface area contributed by atoms with Crippen LogP contribution in [0.5, 0.6) is 0 Å². The van der Waals surface area contributed by atoms with Crippen molar-refractivity contribution < 1.29 is 4.74 Å². The van der Waals surface area contributed by atoms with Crippen LogP contribution in [-0.4, -0.2) is 23.3 Å². The zero-order valence-corrected chi connectivity index (χ0v) is 11.8. The molecular formula is C14H16ClN3O. The van der Waals surface area contributed by atoms with Crippen LogP contribution >= 0.6 is 11.6 Å². The summed E-state index contributed by atoms with van der Waals surface area (Å²) in [6.07, 6.45) is 0.878. The predicted molar refractivity (Wildman–Crippen MR) is 75.2 cm³/mol. The van der Waals surface area contributed by atoms with Crippen LogP contribution in [-0.2, 0) is 10.6 Å². The Hall–Kier alpha value is -1.57. The van der Waals surface area contributed by atoms with E-state index in [1.54, 1.807) is 13.2 Å². The largest absolute Gasteiger partial charge is 0.385 e. The van der Waals surface area contributed by atoms with Crippen molar-refractivity contribution in [1.82, 2.24) is 9.55 Å². The number of fused-ring (bicyclic) bond motifs is 1. The van der Waals surface area contributed by atoms with Crippen LogP contribution in [0.15, 0.2) is 18.2 Å². The fraction of sp³-hybridized carbons (Fsp3) is 0.429. The Balaban J connectivity index is 2.55. The van der Waals surface area contributed by atoms with Gasteiger partial charge in [-0.2, -0.15) is 5.26 Å². The third-order valence-electron chi connectivity index (χ3n) is 3.21. The number of nitriles is 1. The molecule has 0 saturated carbocycles. The van der Waals surface area contributed by atoms with Gasteiger partial charge in [0.25, 0.3) is 0 Å². The van der Waals surface area contributed by atoms with Crippen molar-refractivity contribution in [1.29, 1.82) is 5.26 Å². The van der Waals surface area contributed by atoms with Crippen LogP contribution in [0.3, 0.4) is 0 Å². The van der Waals surface area contributed by atoms with Gasteiger partial charge in [0, 0.05) is 19.8 Å². The summed E-state index contributed by atoms with van der Waals surface area (Å²) < 4.78 is 7.22. The minimum absolute atomic E-state index is 0.229. The lowest BCUT2D eigenvalue weighted by Crippen LogP contribution is -2.10. The molecule has 5 heteroatoms. The molecule has 1 unspecified atom stereocenters. The summed E-state index contributed by atoms with van der Waals surface area (Å²) in [5.41, 5.74) is 2.27. The minimum Gasteiger partial charge on any atom is -0.385 e.